The summed E-state index contributed by atoms with van der Waals surface area (Å²) < 4.78 is 5.27. The maximum Gasteiger partial charge on any atom is 0.349 e. The van der Waals surface area contributed by atoms with Crippen LogP contribution in [0.2, 0.25) is 0 Å². The second-order valence-corrected chi connectivity index (χ2v) is 5.10. The van der Waals surface area contributed by atoms with Gasteiger partial charge in [0.1, 0.15) is 11.1 Å². The first kappa shape index (κ1) is 14.3. The Hall–Kier alpha value is -2.10. The number of fused-ring (bicyclic) bond motifs is 1. The molecule has 20 heavy (non-hydrogen) atoms. The summed E-state index contributed by atoms with van der Waals surface area (Å²) >= 11 is 0. The van der Waals surface area contributed by atoms with E-state index in [0.29, 0.717) is 5.58 Å². The first-order chi connectivity index (χ1) is 9.52. The Morgan fingerprint density at radius 1 is 1.40 bits per heavy atom. The molecule has 1 aromatic carbocycles. The van der Waals surface area contributed by atoms with E-state index in [2.05, 4.69) is 12.2 Å². The van der Waals surface area contributed by atoms with E-state index in [-0.39, 0.29) is 17.5 Å². The highest BCUT2D eigenvalue weighted by Gasteiger charge is 2.15. The SMILES string of the molecule is CCC[C@H](C)NC(=O)c1cc2cccc(C)c2oc1=O. The molecule has 106 valence electrons. The summed E-state index contributed by atoms with van der Waals surface area (Å²) in [5, 5.41) is 3.58. The van der Waals surface area contributed by atoms with Crippen LogP contribution in [0, 0.1) is 6.92 Å². The Bertz CT molecular complexity index is 688. The van der Waals surface area contributed by atoms with Crippen LogP contribution in [0.3, 0.4) is 0 Å². The normalized spacial score (nSPS) is 12.3. The molecule has 0 saturated carbocycles. The third kappa shape index (κ3) is 2.90. The fourth-order valence-electron chi connectivity index (χ4n) is 2.26. The number of aryl methyl sites for hydroxylation is 1. The second kappa shape index (κ2) is 5.90. The lowest BCUT2D eigenvalue weighted by Gasteiger charge is -2.12. The molecule has 1 N–H and O–H groups in total. The van der Waals surface area contributed by atoms with Crippen molar-refractivity contribution in [3.63, 3.8) is 0 Å². The third-order valence-electron chi connectivity index (χ3n) is 3.30. The van der Waals surface area contributed by atoms with E-state index in [1.807, 2.05) is 32.0 Å². The fourth-order valence-corrected chi connectivity index (χ4v) is 2.26. The van der Waals surface area contributed by atoms with Crippen LogP contribution in [-0.4, -0.2) is 11.9 Å². The van der Waals surface area contributed by atoms with E-state index in [1.165, 1.54) is 0 Å². The zero-order chi connectivity index (χ0) is 14.7. The standard InChI is InChI=1S/C16H19NO3/c1-4-6-11(3)17-15(18)13-9-12-8-5-7-10(2)14(12)20-16(13)19/h5,7-9,11H,4,6H2,1-3H3,(H,17,18)/t11-/m0/s1. The van der Waals surface area contributed by atoms with Crippen LogP contribution in [0.1, 0.15) is 42.6 Å². The van der Waals surface area contributed by atoms with Crippen molar-refractivity contribution in [1.82, 2.24) is 5.32 Å². The summed E-state index contributed by atoms with van der Waals surface area (Å²) in [6.45, 7) is 5.85. The molecular formula is C16H19NO3. The molecule has 0 bridgehead atoms. The molecule has 0 spiro atoms. The van der Waals surface area contributed by atoms with Crippen LogP contribution in [0.15, 0.2) is 33.5 Å². The van der Waals surface area contributed by atoms with Crippen LogP contribution in [-0.2, 0) is 0 Å². The highest BCUT2D eigenvalue weighted by molar-refractivity contribution is 5.97. The molecule has 0 radical (unpaired) electrons. The molecule has 1 aromatic heterocycles. The third-order valence-corrected chi connectivity index (χ3v) is 3.30. The molecule has 0 aliphatic rings. The van der Waals surface area contributed by atoms with Gasteiger partial charge in [0.05, 0.1) is 0 Å². The Kier molecular flexibility index (Phi) is 4.23. The number of benzene rings is 1. The van der Waals surface area contributed by atoms with Crippen molar-refractivity contribution < 1.29 is 9.21 Å². The first-order valence-electron chi connectivity index (χ1n) is 6.87. The summed E-state index contributed by atoms with van der Waals surface area (Å²) in [5.74, 6) is -0.372. The van der Waals surface area contributed by atoms with E-state index in [4.69, 9.17) is 4.42 Å². The number of rotatable bonds is 4. The molecule has 2 rings (SSSR count). The molecule has 1 heterocycles. The minimum absolute atomic E-state index is 0.0418. The average Bonchev–Trinajstić information content (AvgIpc) is 2.39. The lowest BCUT2D eigenvalue weighted by atomic mass is 10.1. The van der Waals surface area contributed by atoms with Crippen LogP contribution < -0.4 is 10.9 Å². The monoisotopic (exact) mass is 273 g/mol. The van der Waals surface area contributed by atoms with Gasteiger partial charge in [-0.05, 0) is 31.9 Å². The van der Waals surface area contributed by atoms with Crippen molar-refractivity contribution in [1.29, 1.82) is 0 Å². The smallest absolute Gasteiger partial charge is 0.349 e. The maximum atomic E-state index is 12.1. The van der Waals surface area contributed by atoms with Gasteiger partial charge in [-0.15, -0.1) is 0 Å². The summed E-state index contributed by atoms with van der Waals surface area (Å²) in [6, 6.07) is 7.22. The van der Waals surface area contributed by atoms with Crippen molar-refractivity contribution in [2.75, 3.05) is 0 Å². The fraction of sp³-hybridized carbons (Fsp3) is 0.375. The van der Waals surface area contributed by atoms with Gasteiger partial charge in [-0.1, -0.05) is 31.5 Å². The summed E-state index contributed by atoms with van der Waals surface area (Å²) in [7, 11) is 0. The van der Waals surface area contributed by atoms with Gasteiger partial charge >= 0.3 is 5.63 Å². The molecule has 0 saturated heterocycles. The Morgan fingerprint density at radius 2 is 2.15 bits per heavy atom. The quantitative estimate of drug-likeness (QED) is 0.871. The topological polar surface area (TPSA) is 59.3 Å². The molecule has 0 unspecified atom stereocenters. The molecule has 4 nitrogen and oxygen atoms in total. The highest BCUT2D eigenvalue weighted by Crippen LogP contribution is 2.17. The van der Waals surface area contributed by atoms with Crippen molar-refractivity contribution in [2.45, 2.75) is 39.7 Å². The number of hydrogen-bond acceptors (Lipinski definition) is 3. The van der Waals surface area contributed by atoms with E-state index in [9.17, 15) is 9.59 Å². The second-order valence-electron chi connectivity index (χ2n) is 5.10. The van der Waals surface area contributed by atoms with E-state index in [1.54, 1.807) is 6.07 Å². The van der Waals surface area contributed by atoms with Crippen molar-refractivity contribution in [3.8, 4) is 0 Å². The number of para-hydroxylation sites is 1. The Balaban J connectivity index is 2.38. The van der Waals surface area contributed by atoms with Crippen molar-refractivity contribution >= 4 is 16.9 Å². The summed E-state index contributed by atoms with van der Waals surface area (Å²) in [5.41, 5.74) is 0.889. The molecule has 1 atom stereocenters. The molecule has 0 aliphatic carbocycles. The number of hydrogen-bond donors (Lipinski definition) is 1. The number of carbonyl (C=O) groups is 1. The maximum absolute atomic E-state index is 12.1. The first-order valence-corrected chi connectivity index (χ1v) is 6.87. The lowest BCUT2D eigenvalue weighted by molar-refractivity contribution is 0.0935. The van der Waals surface area contributed by atoms with Gasteiger partial charge in [0.15, 0.2) is 0 Å². The number of carbonyl (C=O) groups excluding carboxylic acids is 1. The molecule has 4 heteroatoms. The molecule has 0 fully saturated rings. The lowest BCUT2D eigenvalue weighted by Crippen LogP contribution is -2.35. The van der Waals surface area contributed by atoms with Crippen molar-refractivity contribution in [2.24, 2.45) is 0 Å². The Morgan fingerprint density at radius 3 is 2.85 bits per heavy atom. The zero-order valence-corrected chi connectivity index (χ0v) is 12.0. The largest absolute Gasteiger partial charge is 0.422 e. The van der Waals surface area contributed by atoms with Gasteiger partial charge < -0.3 is 9.73 Å². The van der Waals surface area contributed by atoms with Crippen molar-refractivity contribution in [3.05, 3.63) is 45.8 Å². The molecule has 0 aliphatic heterocycles. The van der Waals surface area contributed by atoms with E-state index >= 15 is 0 Å². The van der Waals surface area contributed by atoms with E-state index < -0.39 is 5.63 Å². The Labute approximate surface area is 117 Å². The molecule has 1 amide bonds. The zero-order valence-electron chi connectivity index (χ0n) is 12.0. The number of nitrogens with one attached hydrogen (secondary N) is 1. The average molecular weight is 273 g/mol. The van der Waals surface area contributed by atoms with Crippen LogP contribution >= 0.6 is 0 Å². The number of amides is 1. The predicted molar refractivity (Wildman–Crippen MR) is 79.1 cm³/mol. The highest BCUT2D eigenvalue weighted by atomic mass is 16.4. The van der Waals surface area contributed by atoms with Gasteiger partial charge in [-0.25, -0.2) is 4.79 Å². The van der Waals surface area contributed by atoms with Gasteiger partial charge in [0.25, 0.3) is 5.91 Å². The van der Waals surface area contributed by atoms with Gasteiger partial charge in [-0.3, -0.25) is 4.79 Å². The predicted octanol–water partition coefficient (Wildman–Crippen LogP) is 3.02. The minimum Gasteiger partial charge on any atom is -0.422 e. The minimum atomic E-state index is -0.590. The van der Waals surface area contributed by atoms with Crippen LogP contribution in [0.4, 0.5) is 0 Å². The summed E-state index contributed by atoms with van der Waals surface area (Å²) in [4.78, 5) is 24.0. The van der Waals surface area contributed by atoms with Gasteiger partial charge in [0.2, 0.25) is 0 Å². The van der Waals surface area contributed by atoms with Gasteiger partial charge in [0, 0.05) is 11.4 Å². The van der Waals surface area contributed by atoms with Crippen LogP contribution in [0.5, 0.6) is 0 Å². The van der Waals surface area contributed by atoms with E-state index in [0.717, 1.165) is 23.8 Å². The van der Waals surface area contributed by atoms with Crippen LogP contribution in [0.25, 0.3) is 11.0 Å². The molecular weight excluding hydrogens is 254 g/mol. The van der Waals surface area contributed by atoms with Gasteiger partial charge in [-0.2, -0.15) is 0 Å². The summed E-state index contributed by atoms with van der Waals surface area (Å²) in [6.07, 6.45) is 1.86. The molecule has 2 aromatic rings.